The zero-order valence-electron chi connectivity index (χ0n) is 17.0. The zero-order chi connectivity index (χ0) is 21.0. The van der Waals surface area contributed by atoms with Crippen molar-refractivity contribution < 1.29 is 9.84 Å². The number of amidine groups is 1. The van der Waals surface area contributed by atoms with Crippen LogP contribution in [0.1, 0.15) is 42.8 Å². The molecule has 152 valence electrons. The average molecular weight is 394 g/mol. The lowest BCUT2D eigenvalue weighted by Gasteiger charge is -2.11. The van der Waals surface area contributed by atoms with Crippen LogP contribution in [0.3, 0.4) is 0 Å². The number of allylic oxidation sites excluding steroid dienone is 2. The van der Waals surface area contributed by atoms with Gasteiger partial charge in [0, 0.05) is 31.8 Å². The molecule has 2 aromatic heterocycles. The third-order valence-corrected chi connectivity index (χ3v) is 4.32. The van der Waals surface area contributed by atoms with Crippen LogP contribution in [0.4, 0.5) is 0 Å². The first-order valence-electron chi connectivity index (χ1n) is 9.48. The van der Waals surface area contributed by atoms with Gasteiger partial charge in [-0.15, -0.1) is 0 Å². The molecule has 0 amide bonds. The van der Waals surface area contributed by atoms with Gasteiger partial charge < -0.3 is 9.84 Å². The molecule has 0 radical (unpaired) electrons. The number of nitrogens with zero attached hydrogens (tertiary/aromatic N) is 5. The van der Waals surface area contributed by atoms with Gasteiger partial charge in [0.25, 0.3) is 0 Å². The van der Waals surface area contributed by atoms with Gasteiger partial charge in [-0.1, -0.05) is 12.7 Å². The SMILES string of the molecule is C=C/C(=N\C(=N)c1nn(C)c2c1C=C(OC(C)C)CC=C2)n1cc(CCO)cn1. The second-order valence-electron chi connectivity index (χ2n) is 6.94. The fourth-order valence-corrected chi connectivity index (χ4v) is 3.06. The molecule has 2 heterocycles. The van der Waals surface area contributed by atoms with Crippen molar-refractivity contribution in [1.82, 2.24) is 19.6 Å². The van der Waals surface area contributed by atoms with Gasteiger partial charge in [-0.05, 0) is 44.1 Å². The second kappa shape index (κ2) is 8.83. The van der Waals surface area contributed by atoms with Crippen LogP contribution in [0.2, 0.25) is 0 Å². The van der Waals surface area contributed by atoms with E-state index in [-0.39, 0.29) is 18.5 Å². The highest BCUT2D eigenvalue weighted by Crippen LogP contribution is 2.26. The monoisotopic (exact) mass is 394 g/mol. The Labute approximate surface area is 170 Å². The number of rotatable bonds is 6. The molecule has 0 aromatic carbocycles. The van der Waals surface area contributed by atoms with Gasteiger partial charge in [0.1, 0.15) is 11.5 Å². The van der Waals surface area contributed by atoms with Crippen molar-refractivity contribution in [2.75, 3.05) is 6.61 Å². The maximum atomic E-state index is 9.08. The molecular weight excluding hydrogens is 368 g/mol. The van der Waals surface area contributed by atoms with Gasteiger partial charge in [-0.3, -0.25) is 10.1 Å². The van der Waals surface area contributed by atoms with E-state index in [1.165, 1.54) is 10.8 Å². The number of hydrogen-bond donors (Lipinski definition) is 2. The Morgan fingerprint density at radius 2 is 2.28 bits per heavy atom. The van der Waals surface area contributed by atoms with Crippen LogP contribution >= 0.6 is 0 Å². The number of aryl methyl sites for hydroxylation is 1. The van der Waals surface area contributed by atoms with E-state index >= 15 is 0 Å². The molecular formula is C21H26N6O2. The lowest BCUT2D eigenvalue weighted by molar-refractivity contribution is 0.147. The largest absolute Gasteiger partial charge is 0.495 e. The number of aliphatic hydroxyl groups is 1. The molecule has 3 rings (SSSR count). The van der Waals surface area contributed by atoms with Gasteiger partial charge in [-0.2, -0.15) is 10.2 Å². The summed E-state index contributed by atoms with van der Waals surface area (Å²) in [4.78, 5) is 4.40. The smallest absolute Gasteiger partial charge is 0.175 e. The molecule has 1 aliphatic rings. The van der Waals surface area contributed by atoms with Crippen molar-refractivity contribution in [3.63, 3.8) is 0 Å². The number of hydrogen-bond acceptors (Lipinski definition) is 5. The molecule has 0 fully saturated rings. The minimum atomic E-state index is 0.00593. The van der Waals surface area contributed by atoms with Crippen molar-refractivity contribution in [2.24, 2.45) is 12.0 Å². The van der Waals surface area contributed by atoms with Gasteiger partial charge in [-0.25, -0.2) is 9.67 Å². The predicted molar refractivity (Wildman–Crippen MR) is 114 cm³/mol. The summed E-state index contributed by atoms with van der Waals surface area (Å²) >= 11 is 0. The summed E-state index contributed by atoms with van der Waals surface area (Å²) in [5.74, 6) is 1.24. The predicted octanol–water partition coefficient (Wildman–Crippen LogP) is 2.79. The Balaban J connectivity index is 1.98. The second-order valence-corrected chi connectivity index (χ2v) is 6.94. The van der Waals surface area contributed by atoms with Gasteiger partial charge in [0.2, 0.25) is 0 Å². The Morgan fingerprint density at radius 1 is 1.48 bits per heavy atom. The van der Waals surface area contributed by atoms with Crippen LogP contribution in [0.25, 0.3) is 12.2 Å². The van der Waals surface area contributed by atoms with E-state index in [4.69, 9.17) is 15.3 Å². The standard InChI is InChI=1S/C21H26N6O2/c1-5-19(27-13-15(9-10-28)12-23-27)24-21(22)20-17-11-16(29-14(2)3)7-6-8-18(17)26(4)25-20/h5-6,8,11-14,22,28H,1,7,9-10H2,2-4H3/b22-21?,24-19+. The summed E-state index contributed by atoms with van der Waals surface area (Å²) in [7, 11) is 1.84. The molecule has 0 saturated carbocycles. The summed E-state index contributed by atoms with van der Waals surface area (Å²) < 4.78 is 9.16. The summed E-state index contributed by atoms with van der Waals surface area (Å²) in [6.07, 6.45) is 12.2. The Hall–Kier alpha value is -3.26. The third kappa shape index (κ3) is 4.60. The van der Waals surface area contributed by atoms with E-state index in [9.17, 15) is 0 Å². The summed E-state index contributed by atoms with van der Waals surface area (Å²) in [5, 5.41) is 26.4. The first kappa shape index (κ1) is 20.5. The quantitative estimate of drug-likeness (QED) is 0.581. The number of nitrogens with one attached hydrogen (secondary N) is 1. The van der Waals surface area contributed by atoms with Crippen molar-refractivity contribution in [3.05, 3.63) is 59.4 Å². The van der Waals surface area contributed by atoms with Gasteiger partial charge >= 0.3 is 0 Å². The summed E-state index contributed by atoms with van der Waals surface area (Å²) in [6, 6.07) is 0. The Morgan fingerprint density at radius 3 is 2.97 bits per heavy atom. The number of aliphatic imine (C=N–C) groups is 1. The van der Waals surface area contributed by atoms with E-state index < -0.39 is 0 Å². The maximum absolute atomic E-state index is 9.08. The van der Waals surface area contributed by atoms with Crippen molar-refractivity contribution >= 4 is 23.8 Å². The molecule has 29 heavy (non-hydrogen) atoms. The fraction of sp³-hybridized carbons (Fsp3) is 0.333. The maximum Gasteiger partial charge on any atom is 0.175 e. The van der Waals surface area contributed by atoms with Gasteiger partial charge in [0.15, 0.2) is 11.7 Å². The molecule has 0 bridgehead atoms. The highest BCUT2D eigenvalue weighted by atomic mass is 16.5. The van der Waals surface area contributed by atoms with Crippen LogP contribution in [0.15, 0.2) is 41.9 Å². The van der Waals surface area contributed by atoms with Crippen LogP contribution in [0.5, 0.6) is 0 Å². The van der Waals surface area contributed by atoms with Crippen LogP contribution < -0.4 is 0 Å². The van der Waals surface area contributed by atoms with E-state index in [0.717, 1.165) is 22.6 Å². The Bertz CT molecular complexity index is 1010. The highest BCUT2D eigenvalue weighted by molar-refractivity contribution is 6.09. The van der Waals surface area contributed by atoms with Crippen LogP contribution in [-0.2, 0) is 18.2 Å². The van der Waals surface area contributed by atoms with E-state index in [1.807, 2.05) is 39.1 Å². The molecule has 0 aliphatic heterocycles. The van der Waals surface area contributed by atoms with Crippen molar-refractivity contribution in [3.8, 4) is 0 Å². The molecule has 8 heteroatoms. The highest BCUT2D eigenvalue weighted by Gasteiger charge is 2.20. The number of aliphatic hydroxyl groups excluding tert-OH is 1. The number of fused-ring (bicyclic) bond motifs is 1. The van der Waals surface area contributed by atoms with Crippen molar-refractivity contribution in [2.45, 2.75) is 32.8 Å². The lowest BCUT2D eigenvalue weighted by Crippen LogP contribution is -2.13. The van der Waals surface area contributed by atoms with E-state index in [0.29, 0.717) is 24.4 Å². The minimum Gasteiger partial charge on any atom is -0.495 e. The average Bonchev–Trinajstić information content (AvgIpc) is 3.18. The molecule has 8 nitrogen and oxygen atoms in total. The normalized spacial score (nSPS) is 13.8. The Kier molecular flexibility index (Phi) is 6.23. The molecule has 0 saturated heterocycles. The fourth-order valence-electron chi connectivity index (χ4n) is 3.06. The summed E-state index contributed by atoms with van der Waals surface area (Å²) in [5.41, 5.74) is 3.03. The topological polar surface area (TPSA) is 101 Å². The molecule has 1 aliphatic carbocycles. The molecule has 2 aromatic rings. The first-order valence-corrected chi connectivity index (χ1v) is 9.48. The van der Waals surface area contributed by atoms with Crippen molar-refractivity contribution in [1.29, 1.82) is 5.41 Å². The molecule has 0 spiro atoms. The van der Waals surface area contributed by atoms with Crippen LogP contribution in [-0.4, -0.2) is 49.0 Å². The van der Waals surface area contributed by atoms with E-state index in [1.54, 1.807) is 17.1 Å². The molecule has 0 unspecified atom stereocenters. The third-order valence-electron chi connectivity index (χ3n) is 4.32. The molecule has 0 atom stereocenters. The van der Waals surface area contributed by atoms with Gasteiger partial charge in [0.05, 0.1) is 18.0 Å². The zero-order valence-corrected chi connectivity index (χ0v) is 17.0. The lowest BCUT2D eigenvalue weighted by atomic mass is 10.1. The van der Waals surface area contributed by atoms with E-state index in [2.05, 4.69) is 21.8 Å². The molecule has 2 N–H and O–H groups in total. The first-order chi connectivity index (χ1) is 13.9. The van der Waals surface area contributed by atoms with Crippen LogP contribution in [0, 0.1) is 5.41 Å². The number of ether oxygens (including phenoxy) is 1. The summed E-state index contributed by atoms with van der Waals surface area (Å²) in [6.45, 7) is 7.80. The number of aromatic nitrogens is 4. The minimum absolute atomic E-state index is 0.00593.